The molecule has 0 N–H and O–H groups in total. The predicted molar refractivity (Wildman–Crippen MR) is 77.6 cm³/mol. The normalized spacial score (nSPS) is 11.1. The second-order valence-corrected chi connectivity index (χ2v) is 4.94. The number of nitrogens with zero attached hydrogens (tertiary/aromatic N) is 1. The molecule has 21 heavy (non-hydrogen) atoms. The molecule has 0 aliphatic rings. The molecule has 0 saturated heterocycles. The molecule has 0 fully saturated rings. The maximum absolute atomic E-state index is 12.3. The van der Waals surface area contributed by atoms with Crippen molar-refractivity contribution in [2.24, 2.45) is 0 Å². The smallest absolute Gasteiger partial charge is 0.419 e. The first-order chi connectivity index (χ1) is 10.1. The molecule has 108 valence electrons. The van der Waals surface area contributed by atoms with Gasteiger partial charge in [-0.15, -0.1) is 0 Å². The van der Waals surface area contributed by atoms with E-state index in [0.717, 1.165) is 6.42 Å². The number of fused-ring (bicyclic) bond motifs is 1. The Balaban J connectivity index is 2.06. The fraction of sp³-hybridized carbons (Fsp3) is 0.250. The Kier molecular flexibility index (Phi) is 3.25. The van der Waals surface area contributed by atoms with Gasteiger partial charge in [0.05, 0.1) is 5.52 Å². The number of benzene rings is 1. The number of carbonyl (C=O) groups excluding carboxylic acids is 1. The van der Waals surface area contributed by atoms with E-state index in [9.17, 15) is 9.59 Å². The molecule has 1 aromatic carbocycles. The number of aryl methyl sites for hydroxylation is 2. The summed E-state index contributed by atoms with van der Waals surface area (Å²) in [5.41, 5.74) is 1.56. The summed E-state index contributed by atoms with van der Waals surface area (Å²) in [6.45, 7) is 4.36. The van der Waals surface area contributed by atoms with Crippen molar-refractivity contribution in [3.63, 3.8) is 0 Å². The van der Waals surface area contributed by atoms with Crippen LogP contribution in [-0.2, 0) is 6.54 Å². The Bertz CT molecular complexity index is 866. The van der Waals surface area contributed by atoms with Crippen molar-refractivity contribution < 1.29 is 13.6 Å². The molecule has 0 bridgehead atoms. The maximum Gasteiger partial charge on any atom is 0.419 e. The summed E-state index contributed by atoms with van der Waals surface area (Å²) in [5.74, 6) is 0.337. The van der Waals surface area contributed by atoms with Crippen molar-refractivity contribution in [1.82, 2.24) is 4.57 Å². The van der Waals surface area contributed by atoms with Gasteiger partial charge >= 0.3 is 5.76 Å². The van der Waals surface area contributed by atoms with Crippen molar-refractivity contribution in [2.45, 2.75) is 26.8 Å². The molecule has 5 heteroatoms. The highest BCUT2D eigenvalue weighted by Gasteiger charge is 2.16. The number of furan rings is 1. The number of hydrogen-bond donors (Lipinski definition) is 0. The first kappa shape index (κ1) is 13.4. The van der Waals surface area contributed by atoms with Crippen molar-refractivity contribution in [2.75, 3.05) is 0 Å². The van der Waals surface area contributed by atoms with E-state index in [-0.39, 0.29) is 11.5 Å². The van der Waals surface area contributed by atoms with Gasteiger partial charge in [-0.05, 0) is 43.7 Å². The quantitative estimate of drug-likeness (QED) is 0.691. The third-order valence-electron chi connectivity index (χ3n) is 3.34. The van der Waals surface area contributed by atoms with Gasteiger partial charge in [-0.25, -0.2) is 4.79 Å². The largest absolute Gasteiger partial charge is 0.458 e. The highest BCUT2D eigenvalue weighted by molar-refractivity contribution is 6.08. The Labute approximate surface area is 120 Å². The summed E-state index contributed by atoms with van der Waals surface area (Å²) >= 11 is 0. The van der Waals surface area contributed by atoms with Crippen LogP contribution in [0.25, 0.3) is 11.1 Å². The van der Waals surface area contributed by atoms with Crippen LogP contribution in [-0.4, -0.2) is 10.4 Å². The summed E-state index contributed by atoms with van der Waals surface area (Å²) in [6.07, 6.45) is 0.834. The molecule has 2 aromatic heterocycles. The summed E-state index contributed by atoms with van der Waals surface area (Å²) in [5, 5.41) is 0. The zero-order chi connectivity index (χ0) is 15.0. The van der Waals surface area contributed by atoms with Crippen molar-refractivity contribution in [1.29, 1.82) is 0 Å². The summed E-state index contributed by atoms with van der Waals surface area (Å²) in [4.78, 5) is 24.1. The van der Waals surface area contributed by atoms with E-state index in [0.29, 0.717) is 29.0 Å². The molecule has 0 saturated carbocycles. The Morgan fingerprint density at radius 3 is 2.67 bits per heavy atom. The molecular weight excluding hydrogens is 270 g/mol. The lowest BCUT2D eigenvalue weighted by molar-refractivity contribution is 0.101. The van der Waals surface area contributed by atoms with Crippen molar-refractivity contribution >= 4 is 16.9 Å². The lowest BCUT2D eigenvalue weighted by atomic mass is 10.1. The van der Waals surface area contributed by atoms with Crippen LogP contribution in [0.1, 0.15) is 35.2 Å². The summed E-state index contributed by atoms with van der Waals surface area (Å²) < 4.78 is 12.1. The highest BCUT2D eigenvalue weighted by atomic mass is 16.4. The van der Waals surface area contributed by atoms with Gasteiger partial charge in [-0.2, -0.15) is 0 Å². The van der Waals surface area contributed by atoms with E-state index in [1.165, 1.54) is 0 Å². The van der Waals surface area contributed by atoms with Gasteiger partial charge in [0, 0.05) is 12.1 Å². The summed E-state index contributed by atoms with van der Waals surface area (Å²) in [7, 11) is 0. The Morgan fingerprint density at radius 1 is 1.19 bits per heavy atom. The molecule has 0 radical (unpaired) electrons. The number of carbonyl (C=O) groups is 1. The molecule has 5 nitrogen and oxygen atoms in total. The fourth-order valence-electron chi connectivity index (χ4n) is 2.34. The summed E-state index contributed by atoms with van der Waals surface area (Å²) in [6, 6.07) is 8.38. The van der Waals surface area contributed by atoms with Gasteiger partial charge in [-0.3, -0.25) is 9.36 Å². The monoisotopic (exact) mass is 285 g/mol. The number of ketones is 1. The van der Waals surface area contributed by atoms with E-state index in [1.54, 1.807) is 41.8 Å². The second-order valence-electron chi connectivity index (χ2n) is 4.94. The van der Waals surface area contributed by atoms with E-state index >= 15 is 0 Å². The first-order valence-corrected chi connectivity index (χ1v) is 6.84. The van der Waals surface area contributed by atoms with Crippen LogP contribution in [0.15, 0.2) is 44.0 Å². The van der Waals surface area contributed by atoms with Gasteiger partial charge < -0.3 is 8.83 Å². The van der Waals surface area contributed by atoms with Crippen LogP contribution in [0, 0.1) is 6.92 Å². The molecule has 0 aliphatic heterocycles. The Hall–Kier alpha value is -2.56. The maximum atomic E-state index is 12.3. The fourth-order valence-corrected chi connectivity index (χ4v) is 2.34. The van der Waals surface area contributed by atoms with Crippen LogP contribution in [0.2, 0.25) is 0 Å². The predicted octanol–water partition coefficient (Wildman–Crippen LogP) is 3.14. The standard InChI is InChI=1S/C16H15NO4/c1-3-8-17-12-6-5-11(9-14(12)21-16(17)19)15(18)13-7-4-10(2)20-13/h4-7,9H,3,8H2,1-2H3. The topological polar surface area (TPSA) is 65.3 Å². The average Bonchev–Trinajstić information content (AvgIpc) is 3.02. The Morgan fingerprint density at radius 2 is 2.00 bits per heavy atom. The van der Waals surface area contributed by atoms with Gasteiger partial charge in [0.15, 0.2) is 11.3 Å². The molecule has 0 unspecified atom stereocenters. The van der Waals surface area contributed by atoms with Crippen LogP contribution >= 0.6 is 0 Å². The van der Waals surface area contributed by atoms with Crippen LogP contribution < -0.4 is 5.76 Å². The van der Waals surface area contributed by atoms with E-state index in [1.807, 2.05) is 6.92 Å². The number of rotatable bonds is 4. The van der Waals surface area contributed by atoms with Crippen molar-refractivity contribution in [3.8, 4) is 0 Å². The zero-order valence-electron chi connectivity index (χ0n) is 11.9. The molecule has 0 spiro atoms. The zero-order valence-corrected chi connectivity index (χ0v) is 11.9. The van der Waals surface area contributed by atoms with Gasteiger partial charge in [0.25, 0.3) is 0 Å². The van der Waals surface area contributed by atoms with Crippen molar-refractivity contribution in [3.05, 3.63) is 58.0 Å². The molecule has 3 aromatic rings. The molecule has 0 aliphatic carbocycles. The second kappa shape index (κ2) is 5.09. The average molecular weight is 285 g/mol. The molecule has 0 atom stereocenters. The third kappa shape index (κ3) is 2.31. The highest BCUT2D eigenvalue weighted by Crippen LogP contribution is 2.19. The van der Waals surface area contributed by atoms with Gasteiger partial charge in [0.1, 0.15) is 5.76 Å². The third-order valence-corrected chi connectivity index (χ3v) is 3.34. The molecule has 2 heterocycles. The van der Waals surface area contributed by atoms with E-state index < -0.39 is 5.76 Å². The van der Waals surface area contributed by atoms with Gasteiger partial charge in [-0.1, -0.05) is 6.92 Å². The minimum Gasteiger partial charge on any atom is -0.458 e. The minimum absolute atomic E-state index is 0.226. The van der Waals surface area contributed by atoms with E-state index in [2.05, 4.69) is 0 Å². The molecule has 3 rings (SSSR count). The number of aromatic nitrogens is 1. The minimum atomic E-state index is -0.398. The number of oxazole rings is 1. The lowest BCUT2D eigenvalue weighted by Crippen LogP contribution is -2.13. The lowest BCUT2D eigenvalue weighted by Gasteiger charge is -2.00. The van der Waals surface area contributed by atoms with Gasteiger partial charge in [0.2, 0.25) is 5.78 Å². The van der Waals surface area contributed by atoms with Crippen LogP contribution in [0.5, 0.6) is 0 Å². The van der Waals surface area contributed by atoms with Crippen LogP contribution in [0.3, 0.4) is 0 Å². The van der Waals surface area contributed by atoms with Crippen LogP contribution in [0.4, 0.5) is 0 Å². The number of hydrogen-bond acceptors (Lipinski definition) is 4. The van der Waals surface area contributed by atoms with E-state index in [4.69, 9.17) is 8.83 Å². The first-order valence-electron chi connectivity index (χ1n) is 6.84. The SMILES string of the molecule is CCCn1c(=O)oc2cc(C(=O)c3ccc(C)o3)ccc21. The molecule has 0 amide bonds. The molecular formula is C16H15NO4.